The predicted molar refractivity (Wildman–Crippen MR) is 75.4 cm³/mol. The van der Waals surface area contributed by atoms with Crippen molar-refractivity contribution in [1.29, 1.82) is 0 Å². The van der Waals surface area contributed by atoms with E-state index in [1.54, 1.807) is 0 Å². The molecule has 1 N–H and O–H groups in total. The molecule has 1 saturated heterocycles. The molecule has 0 aliphatic carbocycles. The maximum absolute atomic E-state index is 12.1. The number of aliphatic hydroxyl groups is 1. The summed E-state index contributed by atoms with van der Waals surface area (Å²) >= 11 is 0. The van der Waals surface area contributed by atoms with Gasteiger partial charge in [-0.15, -0.1) is 0 Å². The monoisotopic (exact) mass is 262 g/mol. The molecule has 0 bridgehead atoms. The molecule has 0 unspecified atom stereocenters. The SMILES string of the molecule is O=C(CN1CCCN(CCO)CC1)c1ccccc1. The van der Waals surface area contributed by atoms with Crippen molar-refractivity contribution in [2.75, 3.05) is 45.9 Å². The second-order valence-electron chi connectivity index (χ2n) is 4.98. The Labute approximate surface area is 114 Å². The van der Waals surface area contributed by atoms with Crippen LogP contribution in [0.4, 0.5) is 0 Å². The molecule has 1 aliphatic rings. The zero-order chi connectivity index (χ0) is 13.5. The van der Waals surface area contributed by atoms with Crippen LogP contribution < -0.4 is 0 Å². The lowest BCUT2D eigenvalue weighted by Crippen LogP contribution is -2.35. The van der Waals surface area contributed by atoms with E-state index in [1.807, 2.05) is 30.3 Å². The molecule has 1 fully saturated rings. The van der Waals surface area contributed by atoms with Gasteiger partial charge in [0.05, 0.1) is 13.2 Å². The third-order valence-corrected chi connectivity index (χ3v) is 3.56. The second kappa shape index (κ2) is 7.38. The Morgan fingerprint density at radius 1 is 1.05 bits per heavy atom. The summed E-state index contributed by atoms with van der Waals surface area (Å²) in [6, 6.07) is 9.48. The summed E-state index contributed by atoms with van der Waals surface area (Å²) in [4.78, 5) is 16.6. The fourth-order valence-electron chi connectivity index (χ4n) is 2.47. The van der Waals surface area contributed by atoms with Crippen molar-refractivity contribution >= 4 is 5.78 Å². The summed E-state index contributed by atoms with van der Waals surface area (Å²) in [7, 11) is 0. The maximum atomic E-state index is 12.1. The number of benzene rings is 1. The highest BCUT2D eigenvalue weighted by molar-refractivity contribution is 5.97. The van der Waals surface area contributed by atoms with Gasteiger partial charge in [0.25, 0.3) is 0 Å². The third kappa shape index (κ3) is 4.42. The van der Waals surface area contributed by atoms with Crippen LogP contribution in [-0.2, 0) is 0 Å². The fraction of sp³-hybridized carbons (Fsp3) is 0.533. The standard InChI is InChI=1S/C15H22N2O2/c18-12-11-16-7-4-8-17(10-9-16)13-15(19)14-5-2-1-3-6-14/h1-3,5-6,18H,4,7-13H2. The van der Waals surface area contributed by atoms with Crippen molar-refractivity contribution in [3.05, 3.63) is 35.9 Å². The number of β-amino-alcohol motifs (C(OH)–C–C–N with tert-alkyl or cyclic N) is 1. The van der Waals surface area contributed by atoms with E-state index in [4.69, 9.17) is 5.11 Å². The Balaban J connectivity index is 1.84. The molecule has 0 atom stereocenters. The first-order valence-corrected chi connectivity index (χ1v) is 6.93. The van der Waals surface area contributed by atoms with Gasteiger partial charge < -0.3 is 5.11 Å². The average Bonchev–Trinajstić information content (AvgIpc) is 2.66. The minimum absolute atomic E-state index is 0.191. The van der Waals surface area contributed by atoms with Crippen molar-refractivity contribution in [1.82, 2.24) is 9.80 Å². The number of rotatable bonds is 5. The van der Waals surface area contributed by atoms with Crippen molar-refractivity contribution in [3.8, 4) is 0 Å². The number of hydrogen-bond donors (Lipinski definition) is 1. The highest BCUT2D eigenvalue weighted by Gasteiger charge is 2.17. The van der Waals surface area contributed by atoms with Crippen LogP contribution >= 0.6 is 0 Å². The zero-order valence-electron chi connectivity index (χ0n) is 11.3. The number of aliphatic hydroxyl groups excluding tert-OH is 1. The lowest BCUT2D eigenvalue weighted by atomic mass is 10.1. The maximum Gasteiger partial charge on any atom is 0.176 e. The van der Waals surface area contributed by atoms with E-state index in [0.29, 0.717) is 6.54 Å². The van der Waals surface area contributed by atoms with Crippen LogP contribution in [0.5, 0.6) is 0 Å². The van der Waals surface area contributed by atoms with Gasteiger partial charge in [0.15, 0.2) is 5.78 Å². The van der Waals surface area contributed by atoms with Crippen molar-refractivity contribution in [3.63, 3.8) is 0 Å². The summed E-state index contributed by atoms with van der Waals surface area (Å²) < 4.78 is 0. The molecule has 4 heteroatoms. The molecule has 1 aliphatic heterocycles. The molecule has 0 amide bonds. The zero-order valence-corrected chi connectivity index (χ0v) is 11.3. The molecule has 104 valence electrons. The molecule has 2 rings (SSSR count). The number of hydrogen-bond acceptors (Lipinski definition) is 4. The Morgan fingerprint density at radius 3 is 2.47 bits per heavy atom. The van der Waals surface area contributed by atoms with Crippen LogP contribution in [0.3, 0.4) is 0 Å². The number of Topliss-reactive ketones (excluding diaryl/α,β-unsaturated/α-hetero) is 1. The second-order valence-corrected chi connectivity index (χ2v) is 4.98. The highest BCUT2D eigenvalue weighted by Crippen LogP contribution is 2.06. The van der Waals surface area contributed by atoms with Gasteiger partial charge in [-0.05, 0) is 19.5 Å². The van der Waals surface area contributed by atoms with E-state index in [-0.39, 0.29) is 12.4 Å². The van der Waals surface area contributed by atoms with Crippen molar-refractivity contribution < 1.29 is 9.90 Å². The van der Waals surface area contributed by atoms with Gasteiger partial charge in [0.1, 0.15) is 0 Å². The highest BCUT2D eigenvalue weighted by atomic mass is 16.3. The molecule has 0 aromatic heterocycles. The quantitative estimate of drug-likeness (QED) is 0.800. The van der Waals surface area contributed by atoms with E-state index < -0.39 is 0 Å². The van der Waals surface area contributed by atoms with Gasteiger partial charge in [-0.25, -0.2) is 0 Å². The van der Waals surface area contributed by atoms with Crippen LogP contribution in [0, 0.1) is 0 Å². The van der Waals surface area contributed by atoms with Crippen LogP contribution in [0.1, 0.15) is 16.8 Å². The number of carbonyl (C=O) groups excluding carboxylic acids is 1. The Morgan fingerprint density at radius 2 is 1.74 bits per heavy atom. The lowest BCUT2D eigenvalue weighted by Gasteiger charge is -2.20. The number of nitrogens with zero attached hydrogens (tertiary/aromatic N) is 2. The first-order chi connectivity index (χ1) is 9.29. The topological polar surface area (TPSA) is 43.8 Å². The largest absolute Gasteiger partial charge is 0.395 e. The van der Waals surface area contributed by atoms with E-state index in [9.17, 15) is 4.79 Å². The van der Waals surface area contributed by atoms with E-state index in [2.05, 4.69) is 9.80 Å². The third-order valence-electron chi connectivity index (χ3n) is 3.56. The van der Waals surface area contributed by atoms with E-state index >= 15 is 0 Å². The van der Waals surface area contributed by atoms with Crippen LogP contribution in [0.15, 0.2) is 30.3 Å². The first kappa shape index (κ1) is 14.2. The van der Waals surface area contributed by atoms with Gasteiger partial charge >= 0.3 is 0 Å². The van der Waals surface area contributed by atoms with Crippen molar-refractivity contribution in [2.45, 2.75) is 6.42 Å². The van der Waals surface area contributed by atoms with E-state index in [0.717, 1.165) is 44.7 Å². The molecule has 1 aromatic rings. The molecule has 1 heterocycles. The lowest BCUT2D eigenvalue weighted by molar-refractivity contribution is 0.0932. The summed E-state index contributed by atoms with van der Waals surface area (Å²) in [5.74, 6) is 0.191. The molecule has 1 aromatic carbocycles. The van der Waals surface area contributed by atoms with Gasteiger partial charge in [-0.1, -0.05) is 30.3 Å². The minimum Gasteiger partial charge on any atom is -0.395 e. The van der Waals surface area contributed by atoms with Crippen LogP contribution in [-0.4, -0.2) is 66.6 Å². The first-order valence-electron chi connectivity index (χ1n) is 6.93. The average molecular weight is 262 g/mol. The molecule has 4 nitrogen and oxygen atoms in total. The van der Waals surface area contributed by atoms with Crippen LogP contribution in [0.25, 0.3) is 0 Å². The number of carbonyl (C=O) groups is 1. The summed E-state index contributed by atoms with van der Waals surface area (Å²) in [5.41, 5.74) is 0.791. The molecule has 0 spiro atoms. The fourth-order valence-corrected chi connectivity index (χ4v) is 2.47. The Hall–Kier alpha value is -1.23. The van der Waals surface area contributed by atoms with Crippen molar-refractivity contribution in [2.24, 2.45) is 0 Å². The molecular weight excluding hydrogens is 240 g/mol. The van der Waals surface area contributed by atoms with Crippen LogP contribution in [0.2, 0.25) is 0 Å². The van der Waals surface area contributed by atoms with Gasteiger partial charge in [0.2, 0.25) is 0 Å². The van der Waals surface area contributed by atoms with Gasteiger partial charge in [-0.3, -0.25) is 14.6 Å². The molecule has 0 radical (unpaired) electrons. The summed E-state index contributed by atoms with van der Waals surface area (Å²) in [6.45, 7) is 5.25. The minimum atomic E-state index is 0.191. The van der Waals surface area contributed by atoms with Gasteiger partial charge in [0, 0.05) is 25.2 Å². The normalized spacial score (nSPS) is 18.2. The molecule has 0 saturated carbocycles. The van der Waals surface area contributed by atoms with E-state index in [1.165, 1.54) is 0 Å². The smallest absolute Gasteiger partial charge is 0.176 e. The Bertz CT molecular complexity index is 394. The van der Waals surface area contributed by atoms with Gasteiger partial charge in [-0.2, -0.15) is 0 Å². The molecular formula is C15H22N2O2. The summed E-state index contributed by atoms with van der Waals surface area (Å²) in [5, 5.41) is 8.96. The summed E-state index contributed by atoms with van der Waals surface area (Å²) in [6.07, 6.45) is 1.06. The Kier molecular flexibility index (Phi) is 5.51. The number of ketones is 1. The predicted octanol–water partition coefficient (Wildman–Crippen LogP) is 0.869. The molecule has 19 heavy (non-hydrogen) atoms.